The minimum Gasteiger partial charge on any atom is -0.322 e. The van der Waals surface area contributed by atoms with Crippen LogP contribution < -0.4 is 5.14 Å². The first-order valence-corrected chi connectivity index (χ1v) is 9.56. The minimum atomic E-state index is -3.74. The highest BCUT2D eigenvalue weighted by Crippen LogP contribution is 2.39. The van der Waals surface area contributed by atoms with Crippen LogP contribution in [-0.4, -0.2) is 13.0 Å². The molecule has 21 heavy (non-hydrogen) atoms. The van der Waals surface area contributed by atoms with E-state index in [0.717, 1.165) is 16.2 Å². The molecule has 0 atom stereocenters. The molecule has 0 bridgehead atoms. The van der Waals surface area contributed by atoms with Crippen molar-refractivity contribution < 1.29 is 8.42 Å². The second kappa shape index (κ2) is 5.42. The van der Waals surface area contributed by atoms with Gasteiger partial charge in [-0.3, -0.25) is 0 Å². The van der Waals surface area contributed by atoms with E-state index in [-0.39, 0.29) is 4.21 Å². The number of rotatable bonds is 4. The molecule has 0 spiro atoms. The lowest BCUT2D eigenvalue weighted by molar-refractivity contribution is 0.599. The lowest BCUT2D eigenvalue weighted by atomic mass is 10.3. The average Bonchev–Trinajstić information content (AvgIpc) is 3.16. The van der Waals surface area contributed by atoms with Gasteiger partial charge in [-0.1, -0.05) is 6.92 Å². The summed E-state index contributed by atoms with van der Waals surface area (Å²) in [5.74, 6) is 0. The van der Waals surface area contributed by atoms with Crippen LogP contribution in [0.4, 0.5) is 0 Å². The predicted molar refractivity (Wildman–Crippen MR) is 87.7 cm³/mol. The molecule has 3 rings (SSSR count). The highest BCUT2D eigenvalue weighted by atomic mass is 32.2. The summed E-state index contributed by atoms with van der Waals surface area (Å²) >= 11 is 2.90. The van der Waals surface area contributed by atoms with Crippen LogP contribution in [0.5, 0.6) is 0 Å². The highest BCUT2D eigenvalue weighted by Gasteiger charge is 2.21. The van der Waals surface area contributed by atoms with Crippen LogP contribution in [0.2, 0.25) is 0 Å². The van der Waals surface area contributed by atoms with Crippen LogP contribution in [0, 0.1) is 0 Å². The number of hydrogen-bond acceptors (Lipinski definition) is 4. The zero-order valence-electron chi connectivity index (χ0n) is 11.3. The van der Waals surface area contributed by atoms with Gasteiger partial charge in [0.2, 0.25) is 10.0 Å². The highest BCUT2D eigenvalue weighted by molar-refractivity contribution is 7.91. The molecule has 0 aliphatic rings. The summed E-state index contributed by atoms with van der Waals surface area (Å²) in [5, 5.41) is 5.36. The van der Waals surface area contributed by atoms with Crippen molar-refractivity contribution in [2.75, 3.05) is 0 Å². The Balaban J connectivity index is 2.16. The van der Waals surface area contributed by atoms with E-state index in [4.69, 9.17) is 5.14 Å². The lowest BCUT2D eigenvalue weighted by Crippen LogP contribution is -2.12. The molecule has 0 aliphatic heterocycles. The van der Waals surface area contributed by atoms with E-state index >= 15 is 0 Å². The quantitative estimate of drug-likeness (QED) is 0.791. The van der Waals surface area contributed by atoms with Crippen molar-refractivity contribution >= 4 is 32.7 Å². The molecule has 0 unspecified atom stereocenters. The van der Waals surface area contributed by atoms with Crippen LogP contribution >= 0.6 is 22.7 Å². The molecule has 2 N–H and O–H groups in total. The molecular weight excluding hydrogens is 324 g/mol. The van der Waals surface area contributed by atoms with Gasteiger partial charge in [0.05, 0.1) is 5.69 Å². The van der Waals surface area contributed by atoms with Crippen molar-refractivity contribution in [3.8, 4) is 15.4 Å². The molecule has 0 amide bonds. The second-order valence-corrected chi connectivity index (χ2v) is 8.52. The number of nitrogens with zero attached hydrogens (tertiary/aromatic N) is 1. The van der Waals surface area contributed by atoms with Gasteiger partial charge in [0.15, 0.2) is 4.21 Å². The predicted octanol–water partition coefficient (Wildman–Crippen LogP) is 3.48. The molecule has 4 nitrogen and oxygen atoms in total. The zero-order chi connectivity index (χ0) is 15.0. The van der Waals surface area contributed by atoms with Crippen LogP contribution in [0.1, 0.15) is 11.8 Å². The summed E-state index contributed by atoms with van der Waals surface area (Å²) in [6, 6.07) is 9.69. The number of aryl methyl sites for hydroxylation is 1. The molecule has 3 aromatic rings. The molecule has 3 aromatic heterocycles. The van der Waals surface area contributed by atoms with Crippen LogP contribution in [0.25, 0.3) is 15.4 Å². The maximum absolute atomic E-state index is 11.8. The largest absolute Gasteiger partial charge is 0.322 e. The van der Waals surface area contributed by atoms with Gasteiger partial charge in [-0.2, -0.15) is 0 Å². The van der Waals surface area contributed by atoms with Gasteiger partial charge < -0.3 is 4.57 Å². The van der Waals surface area contributed by atoms with Crippen molar-refractivity contribution in [3.63, 3.8) is 0 Å². The monoisotopic (exact) mass is 338 g/mol. The standard InChI is InChI=1S/C14H14N2O2S3/c1-2-10-5-6-12(19-10)13-9-11(16-7-3-4-8-16)14(20-13)21(15,17)18/h3-9H,2H2,1H3,(H2,15,17,18). The van der Waals surface area contributed by atoms with Crippen LogP contribution in [0.3, 0.4) is 0 Å². The van der Waals surface area contributed by atoms with E-state index in [1.165, 1.54) is 16.2 Å². The van der Waals surface area contributed by atoms with E-state index in [2.05, 4.69) is 13.0 Å². The Morgan fingerprint density at radius 3 is 2.43 bits per heavy atom. The van der Waals surface area contributed by atoms with Crippen LogP contribution in [-0.2, 0) is 16.4 Å². The third-order valence-corrected chi connectivity index (χ3v) is 7.09. The van der Waals surface area contributed by atoms with Gasteiger partial charge in [0.1, 0.15) is 0 Å². The van der Waals surface area contributed by atoms with Gasteiger partial charge in [-0.15, -0.1) is 22.7 Å². The molecule has 0 aromatic carbocycles. The molecule has 7 heteroatoms. The van der Waals surface area contributed by atoms with Gasteiger partial charge in [0, 0.05) is 27.0 Å². The molecule has 3 heterocycles. The van der Waals surface area contributed by atoms with Crippen molar-refractivity contribution in [1.29, 1.82) is 0 Å². The Morgan fingerprint density at radius 2 is 1.86 bits per heavy atom. The summed E-state index contributed by atoms with van der Waals surface area (Å²) in [4.78, 5) is 3.27. The minimum absolute atomic E-state index is 0.195. The fourth-order valence-electron chi connectivity index (χ4n) is 2.07. The van der Waals surface area contributed by atoms with Gasteiger partial charge in [-0.05, 0) is 36.8 Å². The summed E-state index contributed by atoms with van der Waals surface area (Å²) in [6.45, 7) is 2.10. The lowest BCUT2D eigenvalue weighted by Gasteiger charge is -2.01. The normalized spacial score (nSPS) is 11.9. The Morgan fingerprint density at radius 1 is 1.14 bits per heavy atom. The number of aromatic nitrogens is 1. The van der Waals surface area contributed by atoms with Crippen molar-refractivity contribution in [1.82, 2.24) is 4.57 Å². The number of nitrogens with two attached hydrogens (primary N) is 1. The summed E-state index contributed by atoms with van der Waals surface area (Å²) in [6.07, 6.45) is 4.60. The van der Waals surface area contributed by atoms with E-state index in [1.807, 2.05) is 36.7 Å². The van der Waals surface area contributed by atoms with Crippen molar-refractivity contribution in [2.24, 2.45) is 5.14 Å². The summed E-state index contributed by atoms with van der Waals surface area (Å²) in [7, 11) is -3.74. The molecule has 0 aliphatic carbocycles. The first-order chi connectivity index (χ1) is 9.99. The first kappa shape index (κ1) is 14.5. The van der Waals surface area contributed by atoms with Gasteiger partial charge >= 0.3 is 0 Å². The fourth-order valence-corrected chi connectivity index (χ4v) is 5.17. The maximum Gasteiger partial charge on any atom is 0.249 e. The average molecular weight is 338 g/mol. The summed E-state index contributed by atoms with van der Waals surface area (Å²) in [5.41, 5.74) is 0.606. The molecule has 0 saturated carbocycles. The van der Waals surface area contributed by atoms with E-state index in [0.29, 0.717) is 5.69 Å². The Hall–Kier alpha value is -1.41. The smallest absolute Gasteiger partial charge is 0.249 e. The SMILES string of the molecule is CCc1ccc(-c2cc(-n3cccc3)c(S(N)(=O)=O)s2)s1. The first-order valence-electron chi connectivity index (χ1n) is 6.38. The number of sulfonamides is 1. The number of primary sulfonamides is 1. The van der Waals surface area contributed by atoms with Crippen molar-refractivity contribution in [3.05, 3.63) is 47.6 Å². The van der Waals surface area contributed by atoms with Crippen LogP contribution in [0.15, 0.2) is 46.9 Å². The molecular formula is C14H14N2O2S3. The third kappa shape index (κ3) is 2.82. The number of hydrogen-bond donors (Lipinski definition) is 1. The topological polar surface area (TPSA) is 65.1 Å². The molecule has 0 fully saturated rings. The van der Waals surface area contributed by atoms with E-state index in [1.54, 1.807) is 15.9 Å². The van der Waals surface area contributed by atoms with E-state index < -0.39 is 10.0 Å². The van der Waals surface area contributed by atoms with E-state index in [9.17, 15) is 8.42 Å². The third-order valence-electron chi connectivity index (χ3n) is 3.07. The van der Waals surface area contributed by atoms with Crippen molar-refractivity contribution in [2.45, 2.75) is 17.6 Å². The summed E-state index contributed by atoms with van der Waals surface area (Å²) < 4.78 is 25.6. The Bertz CT molecular complexity index is 858. The Labute approximate surface area is 131 Å². The molecule has 0 saturated heterocycles. The second-order valence-electron chi connectivity index (χ2n) is 4.54. The molecule has 0 radical (unpaired) electrons. The molecule has 110 valence electrons. The number of thiophene rings is 2. The maximum atomic E-state index is 11.8. The van der Waals surface area contributed by atoms with Gasteiger partial charge in [0.25, 0.3) is 0 Å². The van der Waals surface area contributed by atoms with Gasteiger partial charge in [-0.25, -0.2) is 13.6 Å². The Kier molecular flexibility index (Phi) is 3.75. The zero-order valence-corrected chi connectivity index (χ0v) is 13.8. The fraction of sp³-hybridized carbons (Fsp3) is 0.143.